The van der Waals surface area contributed by atoms with Crippen molar-refractivity contribution < 1.29 is 12.8 Å². The van der Waals surface area contributed by atoms with E-state index in [9.17, 15) is 12.8 Å². The monoisotopic (exact) mass is 352 g/mol. The maximum absolute atomic E-state index is 12.9. The van der Waals surface area contributed by atoms with Gasteiger partial charge in [0, 0.05) is 29.7 Å². The van der Waals surface area contributed by atoms with E-state index in [1.807, 2.05) is 0 Å². The van der Waals surface area contributed by atoms with Crippen molar-refractivity contribution in [2.45, 2.75) is 11.4 Å². The van der Waals surface area contributed by atoms with E-state index in [1.54, 1.807) is 48.8 Å². The summed E-state index contributed by atoms with van der Waals surface area (Å²) in [6.07, 6.45) is 3.18. The second kappa shape index (κ2) is 7.04. The van der Waals surface area contributed by atoms with E-state index in [0.29, 0.717) is 10.9 Å². The van der Waals surface area contributed by atoms with Crippen LogP contribution in [0.25, 0.3) is 10.8 Å². The number of nitrogens with zero attached hydrogens (tertiary/aromatic N) is 1. The molecule has 0 aliphatic heterocycles. The Kier molecular flexibility index (Phi) is 5.30. The number of aromatic nitrogens is 1. The summed E-state index contributed by atoms with van der Waals surface area (Å²) in [6, 6.07) is 12.4. The van der Waals surface area contributed by atoms with E-state index in [4.69, 9.17) is 0 Å². The van der Waals surface area contributed by atoms with E-state index < -0.39 is 10.0 Å². The van der Waals surface area contributed by atoms with E-state index in [0.717, 1.165) is 5.39 Å². The molecule has 0 atom stereocenters. The van der Waals surface area contributed by atoms with Gasteiger partial charge in [-0.15, -0.1) is 12.4 Å². The molecule has 0 saturated carbocycles. The maximum atomic E-state index is 12.9. The first kappa shape index (κ1) is 17.3. The summed E-state index contributed by atoms with van der Waals surface area (Å²) in [5, 5.41) is 1.37. The zero-order chi connectivity index (χ0) is 15.6. The fourth-order valence-electron chi connectivity index (χ4n) is 2.19. The van der Waals surface area contributed by atoms with Crippen molar-refractivity contribution in [3.8, 4) is 0 Å². The highest BCUT2D eigenvalue weighted by Crippen LogP contribution is 2.22. The molecule has 1 aromatic heterocycles. The third-order valence-electron chi connectivity index (χ3n) is 3.31. The number of benzene rings is 2. The molecule has 0 unspecified atom stereocenters. The summed E-state index contributed by atoms with van der Waals surface area (Å²) in [4.78, 5) is 4.19. The molecule has 0 bridgehead atoms. The van der Waals surface area contributed by atoms with Crippen LogP contribution >= 0.6 is 12.4 Å². The second-order valence-electron chi connectivity index (χ2n) is 4.80. The van der Waals surface area contributed by atoms with Crippen molar-refractivity contribution >= 4 is 33.2 Å². The zero-order valence-corrected chi connectivity index (χ0v) is 13.6. The lowest BCUT2D eigenvalue weighted by atomic mass is 10.2. The average molecular weight is 353 g/mol. The summed E-state index contributed by atoms with van der Waals surface area (Å²) >= 11 is 0. The first-order chi connectivity index (χ1) is 10.6. The lowest BCUT2D eigenvalue weighted by molar-refractivity contribution is 0.582. The van der Waals surface area contributed by atoms with Gasteiger partial charge in [-0.05, 0) is 29.8 Å². The summed E-state index contributed by atoms with van der Waals surface area (Å²) in [5.74, 6) is -0.354. The van der Waals surface area contributed by atoms with E-state index in [1.165, 1.54) is 12.1 Å². The Labute approximate surface area is 139 Å². The third-order valence-corrected chi connectivity index (χ3v) is 4.77. The molecular formula is C16H14ClFN2O2S. The molecule has 3 aromatic rings. The number of sulfonamides is 1. The predicted octanol–water partition coefficient (Wildman–Crippen LogP) is 3.27. The van der Waals surface area contributed by atoms with Crippen molar-refractivity contribution in [1.82, 2.24) is 9.71 Å². The number of nitrogens with one attached hydrogen (secondary N) is 1. The smallest absolute Gasteiger partial charge is 0.241 e. The van der Waals surface area contributed by atoms with Crippen LogP contribution in [0, 0.1) is 5.82 Å². The van der Waals surface area contributed by atoms with Gasteiger partial charge < -0.3 is 0 Å². The molecule has 0 spiro atoms. The van der Waals surface area contributed by atoms with Gasteiger partial charge in [-0.1, -0.05) is 24.3 Å². The van der Waals surface area contributed by atoms with Crippen LogP contribution in [0.15, 0.2) is 65.8 Å². The van der Waals surface area contributed by atoms with E-state index in [-0.39, 0.29) is 29.7 Å². The minimum atomic E-state index is -3.67. The van der Waals surface area contributed by atoms with Gasteiger partial charge in [0.25, 0.3) is 0 Å². The average Bonchev–Trinajstić information content (AvgIpc) is 2.54. The topological polar surface area (TPSA) is 59.1 Å². The van der Waals surface area contributed by atoms with Crippen molar-refractivity contribution in [3.63, 3.8) is 0 Å². The predicted molar refractivity (Wildman–Crippen MR) is 89.4 cm³/mol. The fraction of sp³-hybridized carbons (Fsp3) is 0.0625. The molecule has 7 heteroatoms. The first-order valence-corrected chi connectivity index (χ1v) is 8.11. The Balaban J connectivity index is 0.00000192. The number of halogens is 2. The maximum Gasteiger partial charge on any atom is 0.241 e. The number of hydrogen-bond donors (Lipinski definition) is 1. The SMILES string of the molecule is Cl.O=S(=O)(NCc1ccc(F)cc1)c1cccc2cnccc12. The highest BCUT2D eigenvalue weighted by Gasteiger charge is 2.16. The number of fused-ring (bicyclic) bond motifs is 1. The molecule has 23 heavy (non-hydrogen) atoms. The van der Waals surface area contributed by atoms with Crippen LogP contribution in [-0.2, 0) is 16.6 Å². The molecule has 0 aliphatic carbocycles. The van der Waals surface area contributed by atoms with Crippen LogP contribution in [0.2, 0.25) is 0 Å². The van der Waals surface area contributed by atoms with Crippen LogP contribution in [0.3, 0.4) is 0 Å². The Morgan fingerprint density at radius 3 is 2.52 bits per heavy atom. The van der Waals surface area contributed by atoms with Gasteiger partial charge in [-0.25, -0.2) is 17.5 Å². The normalized spacial score (nSPS) is 11.2. The van der Waals surface area contributed by atoms with Gasteiger partial charge in [-0.2, -0.15) is 0 Å². The van der Waals surface area contributed by atoms with Gasteiger partial charge in [0.1, 0.15) is 5.82 Å². The largest absolute Gasteiger partial charge is 0.264 e. The molecule has 3 rings (SSSR count). The zero-order valence-electron chi connectivity index (χ0n) is 11.9. The van der Waals surface area contributed by atoms with Crippen molar-refractivity contribution in [3.05, 3.63) is 72.3 Å². The molecule has 1 N–H and O–H groups in total. The fourth-order valence-corrected chi connectivity index (χ4v) is 3.43. The minimum absolute atomic E-state index is 0. The molecule has 0 fully saturated rings. The molecule has 0 saturated heterocycles. The lowest BCUT2D eigenvalue weighted by Gasteiger charge is -2.09. The van der Waals surface area contributed by atoms with Crippen LogP contribution in [0.4, 0.5) is 4.39 Å². The first-order valence-electron chi connectivity index (χ1n) is 6.63. The molecule has 0 amide bonds. The number of hydrogen-bond acceptors (Lipinski definition) is 3. The summed E-state index contributed by atoms with van der Waals surface area (Å²) in [7, 11) is -3.67. The quantitative estimate of drug-likeness (QED) is 0.784. The van der Waals surface area contributed by atoms with Crippen LogP contribution in [0.1, 0.15) is 5.56 Å². The van der Waals surface area contributed by atoms with Crippen LogP contribution in [0.5, 0.6) is 0 Å². The van der Waals surface area contributed by atoms with Gasteiger partial charge in [0.15, 0.2) is 0 Å². The molecule has 4 nitrogen and oxygen atoms in total. The van der Waals surface area contributed by atoms with E-state index >= 15 is 0 Å². The van der Waals surface area contributed by atoms with Gasteiger partial charge in [0.05, 0.1) is 4.90 Å². The Morgan fingerprint density at radius 2 is 1.78 bits per heavy atom. The van der Waals surface area contributed by atoms with Crippen molar-refractivity contribution in [2.24, 2.45) is 0 Å². The summed E-state index contributed by atoms with van der Waals surface area (Å²) in [5.41, 5.74) is 0.687. The summed E-state index contributed by atoms with van der Waals surface area (Å²) in [6.45, 7) is 0.101. The minimum Gasteiger partial charge on any atom is -0.264 e. The Hall–Kier alpha value is -2.02. The standard InChI is InChI=1S/C16H13FN2O2S.ClH/c17-14-6-4-12(5-7-14)10-19-22(20,21)16-3-1-2-13-11-18-9-8-15(13)16;/h1-9,11,19H,10H2;1H. The summed E-state index contributed by atoms with van der Waals surface area (Å²) < 4.78 is 40.3. The molecule has 120 valence electrons. The van der Waals surface area contributed by atoms with Crippen molar-refractivity contribution in [2.75, 3.05) is 0 Å². The highest BCUT2D eigenvalue weighted by molar-refractivity contribution is 7.89. The number of rotatable bonds is 4. The third kappa shape index (κ3) is 3.85. The van der Waals surface area contributed by atoms with Gasteiger partial charge in [0.2, 0.25) is 10.0 Å². The molecule has 2 aromatic carbocycles. The number of pyridine rings is 1. The van der Waals surface area contributed by atoms with Crippen LogP contribution < -0.4 is 4.72 Å². The lowest BCUT2D eigenvalue weighted by Crippen LogP contribution is -2.23. The van der Waals surface area contributed by atoms with Gasteiger partial charge in [-0.3, -0.25) is 4.98 Å². The highest BCUT2D eigenvalue weighted by atomic mass is 35.5. The molecular weight excluding hydrogens is 339 g/mol. The van der Waals surface area contributed by atoms with Gasteiger partial charge >= 0.3 is 0 Å². The molecule has 0 radical (unpaired) electrons. The van der Waals surface area contributed by atoms with Crippen LogP contribution in [-0.4, -0.2) is 13.4 Å². The Morgan fingerprint density at radius 1 is 1.04 bits per heavy atom. The second-order valence-corrected chi connectivity index (χ2v) is 6.54. The Bertz CT molecular complexity index is 910. The molecule has 1 heterocycles. The molecule has 0 aliphatic rings. The van der Waals surface area contributed by atoms with Crippen molar-refractivity contribution in [1.29, 1.82) is 0 Å². The van der Waals surface area contributed by atoms with E-state index in [2.05, 4.69) is 9.71 Å².